The monoisotopic (exact) mass is 166 g/mol. The molecule has 0 unspecified atom stereocenters. The van der Waals surface area contributed by atoms with E-state index >= 15 is 0 Å². The molecule has 0 saturated heterocycles. The molecule has 0 spiro atoms. The maximum absolute atomic E-state index is 10.3. The first-order valence-electron chi connectivity index (χ1n) is 4.29. The fraction of sp³-hybridized carbons (Fsp3) is 0.500. The Labute approximate surface area is 72.6 Å². The second kappa shape index (κ2) is 4.10. The van der Waals surface area contributed by atoms with Crippen LogP contribution in [0, 0.1) is 0 Å². The van der Waals surface area contributed by atoms with Gasteiger partial charge in [0.05, 0.1) is 0 Å². The second-order valence-electron chi connectivity index (χ2n) is 3.09. The quantitative estimate of drug-likeness (QED) is 0.480. The third kappa shape index (κ3) is 2.53. The van der Waals surface area contributed by atoms with E-state index in [-0.39, 0.29) is 0 Å². The summed E-state index contributed by atoms with van der Waals surface area (Å²) in [4.78, 5) is 10.3. The van der Waals surface area contributed by atoms with E-state index in [0.29, 0.717) is 0 Å². The highest BCUT2D eigenvalue weighted by Gasteiger charge is 2.09. The van der Waals surface area contributed by atoms with Gasteiger partial charge in [0.2, 0.25) is 0 Å². The van der Waals surface area contributed by atoms with Crippen molar-refractivity contribution in [1.29, 1.82) is 0 Å². The molecule has 0 bridgehead atoms. The largest absolute Gasteiger partial charge is 0.478 e. The maximum atomic E-state index is 10.3. The Morgan fingerprint density at radius 2 is 1.75 bits per heavy atom. The first-order valence-corrected chi connectivity index (χ1v) is 4.29. The molecule has 66 valence electrons. The molecule has 0 aromatic carbocycles. The molecule has 0 atom stereocenters. The van der Waals surface area contributed by atoms with E-state index in [2.05, 4.69) is 6.08 Å². The van der Waals surface area contributed by atoms with Gasteiger partial charge in [-0.05, 0) is 32.6 Å². The normalized spacial score (nSPS) is 17.4. The van der Waals surface area contributed by atoms with E-state index in [1.807, 2.05) is 6.92 Å². The first-order chi connectivity index (χ1) is 5.72. The fourth-order valence-corrected chi connectivity index (χ4v) is 1.50. The fourth-order valence-electron chi connectivity index (χ4n) is 1.50. The van der Waals surface area contributed by atoms with Gasteiger partial charge in [-0.2, -0.15) is 0 Å². The van der Waals surface area contributed by atoms with Crippen LogP contribution >= 0.6 is 0 Å². The number of carbonyl (C=O) groups is 1. The molecule has 0 aromatic heterocycles. The van der Waals surface area contributed by atoms with Gasteiger partial charge in [0.25, 0.3) is 0 Å². The lowest BCUT2D eigenvalue weighted by molar-refractivity contribution is -0.131. The number of hydrogen-bond acceptors (Lipinski definition) is 1. The summed E-state index contributed by atoms with van der Waals surface area (Å²) in [6.07, 6.45) is 7.41. The van der Waals surface area contributed by atoms with Crippen molar-refractivity contribution in [3.05, 3.63) is 23.3 Å². The highest BCUT2D eigenvalue weighted by molar-refractivity contribution is 5.80. The van der Waals surface area contributed by atoms with Crippen molar-refractivity contribution < 1.29 is 9.90 Å². The van der Waals surface area contributed by atoms with Crippen molar-refractivity contribution in [3.63, 3.8) is 0 Å². The van der Waals surface area contributed by atoms with Crippen molar-refractivity contribution >= 4 is 5.97 Å². The van der Waals surface area contributed by atoms with Crippen LogP contribution < -0.4 is 0 Å². The predicted molar refractivity (Wildman–Crippen MR) is 47.9 cm³/mol. The molecule has 0 aromatic rings. The Hall–Kier alpha value is -1.05. The Morgan fingerprint density at radius 1 is 1.25 bits per heavy atom. The number of carboxylic acid groups (broad SMARTS) is 1. The minimum Gasteiger partial charge on any atom is -0.478 e. The molecule has 1 saturated carbocycles. The number of aliphatic carboxylic acids is 1. The van der Waals surface area contributed by atoms with E-state index in [1.165, 1.54) is 11.6 Å². The van der Waals surface area contributed by atoms with Gasteiger partial charge < -0.3 is 5.11 Å². The molecule has 1 rings (SSSR count). The van der Waals surface area contributed by atoms with Crippen LogP contribution in [0.5, 0.6) is 0 Å². The molecular weight excluding hydrogens is 152 g/mol. The molecule has 2 heteroatoms. The summed E-state index contributed by atoms with van der Waals surface area (Å²) >= 11 is 0. The lowest BCUT2D eigenvalue weighted by atomic mass is 9.90. The van der Waals surface area contributed by atoms with E-state index < -0.39 is 5.97 Å². The van der Waals surface area contributed by atoms with Gasteiger partial charge in [-0.15, -0.1) is 0 Å². The highest BCUT2D eigenvalue weighted by Crippen LogP contribution is 2.26. The van der Waals surface area contributed by atoms with Gasteiger partial charge in [0.1, 0.15) is 0 Å². The predicted octanol–water partition coefficient (Wildman–Crippen LogP) is 2.52. The van der Waals surface area contributed by atoms with Gasteiger partial charge in [0.15, 0.2) is 0 Å². The van der Waals surface area contributed by atoms with Gasteiger partial charge >= 0.3 is 5.97 Å². The van der Waals surface area contributed by atoms with E-state index in [9.17, 15) is 4.79 Å². The van der Waals surface area contributed by atoms with Gasteiger partial charge in [-0.1, -0.05) is 17.2 Å². The van der Waals surface area contributed by atoms with Crippen LogP contribution in [-0.2, 0) is 4.79 Å². The Balaban J connectivity index is 2.51. The van der Waals surface area contributed by atoms with Crippen LogP contribution in [0.1, 0.15) is 32.6 Å². The molecule has 1 fully saturated rings. The lowest BCUT2D eigenvalue weighted by Gasteiger charge is -2.16. The van der Waals surface area contributed by atoms with Crippen molar-refractivity contribution in [2.75, 3.05) is 0 Å². The summed E-state index contributed by atoms with van der Waals surface area (Å²) in [6.45, 7) is 2.04. The Kier molecular flexibility index (Phi) is 3.09. The van der Waals surface area contributed by atoms with Crippen LogP contribution in [0.3, 0.4) is 0 Å². The average molecular weight is 166 g/mol. The summed E-state index contributed by atoms with van der Waals surface area (Å²) in [5, 5.41) is 8.50. The standard InChI is InChI=1S/C10H14O2/c1-2-8-3-5-9(6-4-8)7-10(11)12/h2,7H,3-6H2,1H3,(H,11,12). The zero-order valence-electron chi connectivity index (χ0n) is 7.34. The molecule has 1 N–H and O–H groups in total. The minimum atomic E-state index is -0.811. The van der Waals surface area contributed by atoms with Crippen molar-refractivity contribution in [2.24, 2.45) is 0 Å². The number of allylic oxidation sites excluding steroid dienone is 3. The molecule has 1 aliphatic carbocycles. The molecule has 0 radical (unpaired) electrons. The third-order valence-electron chi connectivity index (χ3n) is 2.27. The molecule has 0 heterocycles. The molecule has 0 aliphatic heterocycles. The lowest BCUT2D eigenvalue weighted by Crippen LogP contribution is -2.00. The smallest absolute Gasteiger partial charge is 0.328 e. The SMILES string of the molecule is CC=C1CCC(=CC(=O)O)CC1. The maximum Gasteiger partial charge on any atom is 0.328 e. The van der Waals surface area contributed by atoms with E-state index in [0.717, 1.165) is 31.3 Å². The molecular formula is C10H14O2. The van der Waals surface area contributed by atoms with E-state index in [1.54, 1.807) is 0 Å². The van der Waals surface area contributed by atoms with Gasteiger partial charge in [-0.25, -0.2) is 4.79 Å². The second-order valence-corrected chi connectivity index (χ2v) is 3.09. The van der Waals surface area contributed by atoms with Crippen LogP contribution in [0.25, 0.3) is 0 Å². The van der Waals surface area contributed by atoms with E-state index in [4.69, 9.17) is 5.11 Å². The van der Waals surface area contributed by atoms with Gasteiger partial charge in [-0.3, -0.25) is 0 Å². The summed E-state index contributed by atoms with van der Waals surface area (Å²) in [5.41, 5.74) is 2.53. The zero-order chi connectivity index (χ0) is 8.97. The average Bonchev–Trinajstić information content (AvgIpc) is 2.05. The Morgan fingerprint density at radius 3 is 2.17 bits per heavy atom. The zero-order valence-corrected chi connectivity index (χ0v) is 7.34. The van der Waals surface area contributed by atoms with Crippen LogP contribution in [-0.4, -0.2) is 11.1 Å². The number of rotatable bonds is 1. The number of carboxylic acids is 1. The summed E-state index contributed by atoms with van der Waals surface area (Å²) < 4.78 is 0. The minimum absolute atomic E-state index is 0.811. The molecule has 0 amide bonds. The van der Waals surface area contributed by atoms with Crippen molar-refractivity contribution in [2.45, 2.75) is 32.6 Å². The molecule has 2 nitrogen and oxygen atoms in total. The van der Waals surface area contributed by atoms with Crippen molar-refractivity contribution in [1.82, 2.24) is 0 Å². The number of hydrogen-bond donors (Lipinski definition) is 1. The van der Waals surface area contributed by atoms with Crippen molar-refractivity contribution in [3.8, 4) is 0 Å². The first kappa shape index (κ1) is 9.04. The summed E-state index contributed by atoms with van der Waals surface area (Å²) in [6, 6.07) is 0. The summed E-state index contributed by atoms with van der Waals surface area (Å²) in [7, 11) is 0. The Bertz CT molecular complexity index is 224. The van der Waals surface area contributed by atoms with Crippen LogP contribution in [0.4, 0.5) is 0 Å². The topological polar surface area (TPSA) is 37.3 Å². The summed E-state index contributed by atoms with van der Waals surface area (Å²) in [5.74, 6) is -0.811. The van der Waals surface area contributed by atoms with Crippen LogP contribution in [0.15, 0.2) is 23.3 Å². The molecule has 12 heavy (non-hydrogen) atoms. The van der Waals surface area contributed by atoms with Gasteiger partial charge in [0, 0.05) is 6.08 Å². The molecule has 1 aliphatic rings. The highest BCUT2D eigenvalue weighted by atomic mass is 16.4. The third-order valence-corrected chi connectivity index (χ3v) is 2.27. The van der Waals surface area contributed by atoms with Crippen LogP contribution in [0.2, 0.25) is 0 Å².